The highest BCUT2D eigenvalue weighted by molar-refractivity contribution is 5.96. The van der Waals surface area contributed by atoms with Crippen molar-refractivity contribution in [2.24, 2.45) is 5.92 Å². The number of carbonyl (C=O) groups excluding carboxylic acids is 1. The van der Waals surface area contributed by atoms with Gasteiger partial charge >= 0.3 is 0 Å². The van der Waals surface area contributed by atoms with Gasteiger partial charge in [0.25, 0.3) is 5.91 Å². The highest BCUT2D eigenvalue weighted by atomic mass is 16.5. The Kier molecular flexibility index (Phi) is 5.35. The van der Waals surface area contributed by atoms with E-state index in [2.05, 4.69) is 6.07 Å². The molecule has 1 atom stereocenters. The maximum atomic E-state index is 12.8. The summed E-state index contributed by atoms with van der Waals surface area (Å²) in [4.78, 5) is 14.6. The van der Waals surface area contributed by atoms with E-state index in [0.29, 0.717) is 30.2 Å². The molecule has 4 heteroatoms. The van der Waals surface area contributed by atoms with E-state index in [1.807, 2.05) is 36.1 Å². The van der Waals surface area contributed by atoms with Gasteiger partial charge in [-0.05, 0) is 43.5 Å². The molecule has 0 radical (unpaired) electrons. The van der Waals surface area contributed by atoms with Crippen molar-refractivity contribution in [3.63, 3.8) is 0 Å². The number of para-hydroxylation sites is 1. The van der Waals surface area contributed by atoms with E-state index in [9.17, 15) is 10.1 Å². The van der Waals surface area contributed by atoms with Gasteiger partial charge in [0.15, 0.2) is 0 Å². The zero-order chi connectivity index (χ0) is 17.6. The Balaban J connectivity index is 1.64. The van der Waals surface area contributed by atoms with Crippen LogP contribution in [0.4, 0.5) is 0 Å². The number of likely N-dealkylation sites (tertiary alicyclic amines) is 1. The number of piperidine rings is 1. The third-order valence-corrected chi connectivity index (χ3v) is 4.65. The molecule has 1 amide bonds. The standard InChI is InChI=1S/C21H22N2O2/c1-16-7-2-5-11-20(16)25-15-17-8-6-12-23(14-17)21(24)19-10-4-3-9-18(19)13-22/h2-5,7,9-11,17H,6,8,12,14-15H2,1H3/t17-/m1/s1. The number of hydrogen-bond donors (Lipinski definition) is 0. The Bertz CT molecular complexity index is 794. The normalized spacial score (nSPS) is 17.0. The summed E-state index contributed by atoms with van der Waals surface area (Å²) in [5.74, 6) is 1.16. The largest absolute Gasteiger partial charge is 0.493 e. The monoisotopic (exact) mass is 334 g/mol. The van der Waals surface area contributed by atoms with Crippen molar-refractivity contribution in [1.29, 1.82) is 5.26 Å². The first-order chi connectivity index (χ1) is 12.2. The molecule has 0 bridgehead atoms. The van der Waals surface area contributed by atoms with Gasteiger partial charge in [0.2, 0.25) is 0 Å². The Hall–Kier alpha value is -2.80. The summed E-state index contributed by atoms with van der Waals surface area (Å²) in [5, 5.41) is 9.21. The summed E-state index contributed by atoms with van der Waals surface area (Å²) in [6.07, 6.45) is 2.01. The average Bonchev–Trinajstić information content (AvgIpc) is 2.67. The predicted octanol–water partition coefficient (Wildman–Crippen LogP) is 3.80. The van der Waals surface area contributed by atoms with Crippen LogP contribution < -0.4 is 4.74 Å². The molecule has 25 heavy (non-hydrogen) atoms. The average molecular weight is 334 g/mol. The third kappa shape index (κ3) is 4.00. The second kappa shape index (κ2) is 7.85. The van der Waals surface area contributed by atoms with Crippen molar-refractivity contribution in [2.75, 3.05) is 19.7 Å². The van der Waals surface area contributed by atoms with Crippen LogP contribution in [-0.2, 0) is 0 Å². The molecular weight excluding hydrogens is 312 g/mol. The SMILES string of the molecule is Cc1ccccc1OC[C@@H]1CCCN(C(=O)c2ccccc2C#N)C1. The number of hydrogen-bond acceptors (Lipinski definition) is 3. The maximum absolute atomic E-state index is 12.8. The van der Waals surface area contributed by atoms with Gasteiger partial charge in [-0.3, -0.25) is 4.79 Å². The van der Waals surface area contributed by atoms with Crippen LogP contribution in [0.3, 0.4) is 0 Å². The number of nitrogens with zero attached hydrogens (tertiary/aromatic N) is 2. The number of aryl methyl sites for hydroxylation is 1. The fourth-order valence-electron chi connectivity index (χ4n) is 3.25. The fourth-order valence-corrected chi connectivity index (χ4v) is 3.25. The lowest BCUT2D eigenvalue weighted by Crippen LogP contribution is -2.41. The van der Waals surface area contributed by atoms with Crippen LogP contribution in [-0.4, -0.2) is 30.5 Å². The molecule has 1 saturated heterocycles. The van der Waals surface area contributed by atoms with Crippen molar-refractivity contribution < 1.29 is 9.53 Å². The molecule has 0 spiro atoms. The van der Waals surface area contributed by atoms with Crippen molar-refractivity contribution >= 4 is 5.91 Å². The number of amides is 1. The summed E-state index contributed by atoms with van der Waals surface area (Å²) < 4.78 is 5.96. The molecule has 1 fully saturated rings. The molecule has 0 N–H and O–H groups in total. The van der Waals surface area contributed by atoms with Gasteiger partial charge in [0.05, 0.1) is 23.8 Å². The van der Waals surface area contributed by atoms with Crippen LogP contribution in [0, 0.1) is 24.2 Å². The summed E-state index contributed by atoms with van der Waals surface area (Å²) >= 11 is 0. The highest BCUT2D eigenvalue weighted by Crippen LogP contribution is 2.23. The summed E-state index contributed by atoms with van der Waals surface area (Å²) in [7, 11) is 0. The minimum absolute atomic E-state index is 0.0576. The van der Waals surface area contributed by atoms with E-state index in [1.165, 1.54) is 0 Å². The first-order valence-electron chi connectivity index (χ1n) is 8.66. The van der Waals surface area contributed by atoms with E-state index >= 15 is 0 Å². The number of benzene rings is 2. The predicted molar refractivity (Wildman–Crippen MR) is 96.5 cm³/mol. The second-order valence-corrected chi connectivity index (χ2v) is 6.49. The lowest BCUT2D eigenvalue weighted by atomic mass is 9.97. The van der Waals surface area contributed by atoms with Crippen molar-refractivity contribution in [3.8, 4) is 11.8 Å². The van der Waals surface area contributed by atoms with Crippen molar-refractivity contribution in [3.05, 3.63) is 65.2 Å². The lowest BCUT2D eigenvalue weighted by Gasteiger charge is -2.33. The van der Waals surface area contributed by atoms with Gasteiger partial charge in [-0.25, -0.2) is 0 Å². The first kappa shape index (κ1) is 17.0. The molecule has 3 rings (SSSR count). The van der Waals surface area contributed by atoms with Crippen molar-refractivity contribution in [1.82, 2.24) is 4.90 Å². The van der Waals surface area contributed by atoms with Gasteiger partial charge in [0, 0.05) is 19.0 Å². The maximum Gasteiger partial charge on any atom is 0.255 e. The van der Waals surface area contributed by atoms with Crippen LogP contribution in [0.5, 0.6) is 5.75 Å². The molecule has 2 aromatic carbocycles. The zero-order valence-electron chi connectivity index (χ0n) is 14.4. The van der Waals surface area contributed by atoms with Gasteiger partial charge in [0.1, 0.15) is 5.75 Å². The molecule has 1 aliphatic heterocycles. The van der Waals surface area contributed by atoms with E-state index in [-0.39, 0.29) is 5.91 Å². The second-order valence-electron chi connectivity index (χ2n) is 6.49. The molecule has 0 saturated carbocycles. The highest BCUT2D eigenvalue weighted by Gasteiger charge is 2.26. The third-order valence-electron chi connectivity index (χ3n) is 4.65. The van der Waals surface area contributed by atoms with E-state index in [4.69, 9.17) is 4.74 Å². The van der Waals surface area contributed by atoms with Gasteiger partial charge in [-0.2, -0.15) is 5.26 Å². The summed E-state index contributed by atoms with van der Waals surface area (Å²) in [6, 6.07) is 17.1. The molecule has 0 unspecified atom stereocenters. The molecule has 128 valence electrons. The molecule has 4 nitrogen and oxygen atoms in total. The Morgan fingerprint density at radius 3 is 2.80 bits per heavy atom. The van der Waals surface area contributed by atoms with E-state index < -0.39 is 0 Å². The number of carbonyl (C=O) groups is 1. The van der Waals surface area contributed by atoms with E-state index in [0.717, 1.165) is 30.7 Å². The lowest BCUT2D eigenvalue weighted by molar-refractivity contribution is 0.0632. The summed E-state index contributed by atoms with van der Waals surface area (Å²) in [6.45, 7) is 4.04. The molecular formula is C21H22N2O2. The Morgan fingerprint density at radius 1 is 1.24 bits per heavy atom. The van der Waals surface area contributed by atoms with Crippen molar-refractivity contribution in [2.45, 2.75) is 19.8 Å². The minimum Gasteiger partial charge on any atom is -0.493 e. The molecule has 0 aromatic heterocycles. The molecule has 1 aliphatic rings. The Morgan fingerprint density at radius 2 is 2.00 bits per heavy atom. The molecule has 2 aromatic rings. The van der Waals surface area contributed by atoms with Crippen LogP contribution in [0.1, 0.15) is 34.3 Å². The van der Waals surface area contributed by atoms with Crippen LogP contribution in [0.2, 0.25) is 0 Å². The minimum atomic E-state index is -0.0576. The fraction of sp³-hybridized carbons (Fsp3) is 0.333. The topological polar surface area (TPSA) is 53.3 Å². The van der Waals surface area contributed by atoms with Crippen LogP contribution in [0.25, 0.3) is 0 Å². The van der Waals surface area contributed by atoms with Gasteiger partial charge < -0.3 is 9.64 Å². The summed E-state index contributed by atoms with van der Waals surface area (Å²) in [5.41, 5.74) is 2.05. The quantitative estimate of drug-likeness (QED) is 0.854. The van der Waals surface area contributed by atoms with E-state index in [1.54, 1.807) is 24.3 Å². The Labute approximate surface area is 148 Å². The van der Waals surface area contributed by atoms with Crippen LogP contribution >= 0.6 is 0 Å². The van der Waals surface area contributed by atoms with Gasteiger partial charge in [-0.15, -0.1) is 0 Å². The number of ether oxygens (including phenoxy) is 1. The van der Waals surface area contributed by atoms with Gasteiger partial charge in [-0.1, -0.05) is 30.3 Å². The first-order valence-corrected chi connectivity index (χ1v) is 8.66. The zero-order valence-corrected chi connectivity index (χ0v) is 14.4. The molecule has 1 heterocycles. The smallest absolute Gasteiger partial charge is 0.255 e. The molecule has 0 aliphatic carbocycles. The van der Waals surface area contributed by atoms with Crippen LogP contribution in [0.15, 0.2) is 48.5 Å². The number of rotatable bonds is 4. The number of nitriles is 1.